The van der Waals surface area contributed by atoms with E-state index in [4.69, 9.17) is 9.79 Å². The van der Waals surface area contributed by atoms with Gasteiger partial charge in [-0.15, -0.1) is 0 Å². The van der Waals surface area contributed by atoms with Crippen LogP contribution in [0, 0.1) is 0 Å². The van der Waals surface area contributed by atoms with E-state index in [0.717, 1.165) is 0 Å². The SMILES string of the molecule is CCCOP(=O)(O)OP(=O)(O)OCCC.CCOC(C)=O. The van der Waals surface area contributed by atoms with Gasteiger partial charge >= 0.3 is 21.6 Å². The number of esters is 1. The molecule has 0 saturated heterocycles. The molecule has 0 saturated carbocycles. The van der Waals surface area contributed by atoms with Crippen molar-refractivity contribution in [1.29, 1.82) is 0 Å². The molecule has 0 heterocycles. The highest BCUT2D eigenvalue weighted by Gasteiger charge is 2.34. The summed E-state index contributed by atoms with van der Waals surface area (Å²) in [6.07, 6.45) is 0.971. The molecule has 128 valence electrons. The number of carbonyl (C=O) groups is 1. The second-order valence-corrected chi connectivity index (χ2v) is 6.65. The summed E-state index contributed by atoms with van der Waals surface area (Å²) in [4.78, 5) is 27.8. The van der Waals surface area contributed by atoms with E-state index in [-0.39, 0.29) is 19.2 Å². The fraction of sp³-hybridized carbons (Fsp3) is 0.900. The second-order valence-electron chi connectivity index (χ2n) is 3.61. The summed E-state index contributed by atoms with van der Waals surface area (Å²) in [5.41, 5.74) is 0. The van der Waals surface area contributed by atoms with Crippen LogP contribution in [0.25, 0.3) is 0 Å². The predicted molar refractivity (Wildman–Crippen MR) is 75.5 cm³/mol. The molecule has 0 bridgehead atoms. The number of rotatable bonds is 9. The maximum Gasteiger partial charge on any atom is 0.481 e. The topological polar surface area (TPSA) is 129 Å². The highest BCUT2D eigenvalue weighted by molar-refractivity contribution is 7.61. The molecule has 0 aliphatic heterocycles. The van der Waals surface area contributed by atoms with Crippen LogP contribution in [0.15, 0.2) is 0 Å². The minimum atomic E-state index is -4.51. The third-order valence-electron chi connectivity index (χ3n) is 1.47. The first-order chi connectivity index (χ1) is 9.60. The van der Waals surface area contributed by atoms with E-state index >= 15 is 0 Å². The van der Waals surface area contributed by atoms with Gasteiger partial charge in [0.1, 0.15) is 0 Å². The van der Waals surface area contributed by atoms with Gasteiger partial charge in [0, 0.05) is 6.92 Å². The van der Waals surface area contributed by atoms with E-state index < -0.39 is 15.6 Å². The molecule has 0 radical (unpaired) electrons. The summed E-state index contributed by atoms with van der Waals surface area (Å²) < 4.78 is 39.3. The van der Waals surface area contributed by atoms with E-state index in [0.29, 0.717) is 19.4 Å². The lowest BCUT2D eigenvalue weighted by molar-refractivity contribution is -0.140. The Morgan fingerprint density at radius 1 is 0.952 bits per heavy atom. The van der Waals surface area contributed by atoms with Gasteiger partial charge < -0.3 is 14.5 Å². The molecule has 2 atom stereocenters. The van der Waals surface area contributed by atoms with Crippen molar-refractivity contribution >= 4 is 21.6 Å². The van der Waals surface area contributed by atoms with Gasteiger partial charge in [0.2, 0.25) is 0 Å². The molecule has 0 aliphatic carbocycles. The number of carbonyl (C=O) groups excluding carboxylic acids is 1. The van der Waals surface area contributed by atoms with Crippen LogP contribution in [-0.4, -0.2) is 35.6 Å². The summed E-state index contributed by atoms with van der Waals surface area (Å²) in [7, 11) is -9.02. The first-order valence-corrected chi connectivity index (χ1v) is 9.38. The molecule has 0 fully saturated rings. The van der Waals surface area contributed by atoms with Crippen molar-refractivity contribution in [2.24, 2.45) is 0 Å². The Hall–Kier alpha value is -0.270. The standard InChI is InChI=1S/C6H16O7P2.C4H8O2/c1-3-5-11-14(7,8)13-15(9,10)12-6-4-2;1-3-6-4(2)5/h3-6H2,1-2H3,(H,7,8)(H,9,10);3H2,1-2H3. The molecular weight excluding hydrogens is 326 g/mol. The van der Waals surface area contributed by atoms with Crippen molar-refractivity contribution in [3.63, 3.8) is 0 Å². The van der Waals surface area contributed by atoms with Gasteiger partial charge in [-0.25, -0.2) is 9.13 Å². The summed E-state index contributed by atoms with van der Waals surface area (Å²) in [5.74, 6) is -0.211. The zero-order chi connectivity index (χ0) is 16.9. The maximum absolute atomic E-state index is 11.1. The molecular formula is C10H24O9P2. The first-order valence-electron chi connectivity index (χ1n) is 6.39. The van der Waals surface area contributed by atoms with Crippen molar-refractivity contribution < 1.29 is 41.8 Å². The number of hydrogen-bond donors (Lipinski definition) is 2. The smallest absolute Gasteiger partial charge is 0.466 e. The largest absolute Gasteiger partial charge is 0.481 e. The molecule has 0 rings (SSSR count). The van der Waals surface area contributed by atoms with Crippen LogP contribution in [0.1, 0.15) is 40.5 Å². The fourth-order valence-electron chi connectivity index (χ4n) is 0.794. The average Bonchev–Trinajstić information content (AvgIpc) is 2.33. The lowest BCUT2D eigenvalue weighted by Crippen LogP contribution is -1.98. The highest BCUT2D eigenvalue weighted by Crippen LogP contribution is 2.60. The molecule has 0 aromatic carbocycles. The zero-order valence-electron chi connectivity index (χ0n) is 12.7. The molecule has 21 heavy (non-hydrogen) atoms. The van der Waals surface area contributed by atoms with Gasteiger partial charge in [-0.2, -0.15) is 4.31 Å². The van der Waals surface area contributed by atoms with E-state index in [1.807, 2.05) is 0 Å². The Labute approximate surface area is 124 Å². The van der Waals surface area contributed by atoms with Crippen LogP contribution < -0.4 is 0 Å². The van der Waals surface area contributed by atoms with Crippen molar-refractivity contribution in [3.05, 3.63) is 0 Å². The number of ether oxygens (including phenoxy) is 1. The Balaban J connectivity index is 0. The Morgan fingerprint density at radius 3 is 1.52 bits per heavy atom. The van der Waals surface area contributed by atoms with Crippen molar-refractivity contribution in [3.8, 4) is 0 Å². The molecule has 9 nitrogen and oxygen atoms in total. The lowest BCUT2D eigenvalue weighted by Gasteiger charge is -2.15. The Kier molecular flexibility index (Phi) is 13.5. The number of phosphoric ester groups is 2. The summed E-state index contributed by atoms with van der Waals surface area (Å²) >= 11 is 0. The predicted octanol–water partition coefficient (Wildman–Crippen LogP) is 2.63. The van der Waals surface area contributed by atoms with Crippen molar-refractivity contribution in [2.75, 3.05) is 19.8 Å². The van der Waals surface area contributed by atoms with Crippen LogP contribution in [-0.2, 0) is 32.0 Å². The van der Waals surface area contributed by atoms with Gasteiger partial charge in [0.15, 0.2) is 0 Å². The van der Waals surface area contributed by atoms with Crippen LogP contribution in [0.3, 0.4) is 0 Å². The quantitative estimate of drug-likeness (QED) is 0.476. The van der Waals surface area contributed by atoms with E-state index in [1.165, 1.54) is 6.92 Å². The highest BCUT2D eigenvalue weighted by atomic mass is 31.3. The van der Waals surface area contributed by atoms with Gasteiger partial charge in [-0.1, -0.05) is 13.8 Å². The molecule has 0 spiro atoms. The minimum absolute atomic E-state index is 0.0401. The molecule has 11 heteroatoms. The number of hydrogen-bond acceptors (Lipinski definition) is 7. The van der Waals surface area contributed by atoms with Crippen LogP contribution >= 0.6 is 15.6 Å². The zero-order valence-corrected chi connectivity index (χ0v) is 14.5. The summed E-state index contributed by atoms with van der Waals surface area (Å²) in [5, 5.41) is 0. The molecule has 2 N–H and O–H groups in total. The average molecular weight is 350 g/mol. The first kappa shape index (κ1) is 23.0. The third kappa shape index (κ3) is 17.7. The molecule has 2 unspecified atom stereocenters. The van der Waals surface area contributed by atoms with Gasteiger partial charge in [0.05, 0.1) is 19.8 Å². The lowest BCUT2D eigenvalue weighted by atomic mass is 10.5. The molecule has 0 aromatic heterocycles. The molecule has 0 aromatic rings. The van der Waals surface area contributed by atoms with Crippen LogP contribution in [0.5, 0.6) is 0 Å². The molecule has 0 aliphatic rings. The van der Waals surface area contributed by atoms with Gasteiger partial charge in [-0.05, 0) is 19.8 Å². The Morgan fingerprint density at radius 2 is 1.33 bits per heavy atom. The summed E-state index contributed by atoms with van der Waals surface area (Å²) in [6, 6.07) is 0. The minimum Gasteiger partial charge on any atom is -0.466 e. The maximum atomic E-state index is 11.1. The van der Waals surface area contributed by atoms with E-state index in [9.17, 15) is 13.9 Å². The monoisotopic (exact) mass is 350 g/mol. The molecule has 0 amide bonds. The normalized spacial score (nSPS) is 16.1. The van der Waals surface area contributed by atoms with Crippen molar-refractivity contribution in [2.45, 2.75) is 40.5 Å². The van der Waals surface area contributed by atoms with E-state index in [2.05, 4.69) is 18.1 Å². The van der Waals surface area contributed by atoms with Gasteiger partial charge in [-0.3, -0.25) is 13.8 Å². The fourth-order valence-corrected chi connectivity index (χ4v) is 3.04. The second kappa shape index (κ2) is 12.3. The Bertz CT molecular complexity index is 346. The van der Waals surface area contributed by atoms with Crippen LogP contribution in [0.2, 0.25) is 0 Å². The van der Waals surface area contributed by atoms with Crippen LogP contribution in [0.4, 0.5) is 0 Å². The van der Waals surface area contributed by atoms with E-state index in [1.54, 1.807) is 20.8 Å². The number of phosphoric acid groups is 2. The van der Waals surface area contributed by atoms with Gasteiger partial charge in [0.25, 0.3) is 0 Å². The third-order valence-corrected chi connectivity index (χ3v) is 4.14. The summed E-state index contributed by atoms with van der Waals surface area (Å²) in [6.45, 7) is 7.00. The van der Waals surface area contributed by atoms with Crippen molar-refractivity contribution in [1.82, 2.24) is 0 Å².